The SMILES string of the molecule is CC1CCC2(C)C(=C1O)C(=O)CC1(C)CCCC(=O)C12. The maximum absolute atomic E-state index is 12.6. The average Bonchev–Trinajstić information content (AvgIpc) is 2.33. The summed E-state index contributed by atoms with van der Waals surface area (Å²) in [5, 5.41) is 10.4. The summed E-state index contributed by atoms with van der Waals surface area (Å²) in [5.41, 5.74) is -0.0713. The molecule has 2 fully saturated rings. The number of aliphatic hydroxyl groups is 1. The zero-order chi connectivity index (χ0) is 14.7. The predicted octanol–water partition coefficient (Wildman–Crippen LogP) is 3.58. The van der Waals surface area contributed by atoms with Crippen LogP contribution in [0.3, 0.4) is 0 Å². The number of ketones is 2. The van der Waals surface area contributed by atoms with E-state index >= 15 is 0 Å². The Labute approximate surface area is 120 Å². The van der Waals surface area contributed by atoms with Gasteiger partial charge in [-0.3, -0.25) is 9.59 Å². The maximum Gasteiger partial charge on any atom is 0.163 e. The highest BCUT2D eigenvalue weighted by Gasteiger charge is 2.60. The van der Waals surface area contributed by atoms with Gasteiger partial charge in [0.15, 0.2) is 5.78 Å². The summed E-state index contributed by atoms with van der Waals surface area (Å²) < 4.78 is 0. The molecule has 1 N–H and O–H groups in total. The van der Waals surface area contributed by atoms with Crippen LogP contribution >= 0.6 is 0 Å². The van der Waals surface area contributed by atoms with Gasteiger partial charge in [0.05, 0.1) is 0 Å². The molecule has 0 aliphatic heterocycles. The third-order valence-corrected chi connectivity index (χ3v) is 6.06. The molecule has 3 aliphatic carbocycles. The Kier molecular flexibility index (Phi) is 2.90. The highest BCUT2D eigenvalue weighted by molar-refractivity contribution is 6.01. The van der Waals surface area contributed by atoms with Crippen LogP contribution in [0.2, 0.25) is 0 Å². The van der Waals surface area contributed by atoms with Crippen LogP contribution < -0.4 is 0 Å². The maximum atomic E-state index is 12.6. The van der Waals surface area contributed by atoms with Gasteiger partial charge in [-0.05, 0) is 31.1 Å². The van der Waals surface area contributed by atoms with Crippen molar-refractivity contribution in [2.45, 2.75) is 59.3 Å². The zero-order valence-electron chi connectivity index (χ0n) is 12.7. The van der Waals surface area contributed by atoms with Crippen molar-refractivity contribution in [1.29, 1.82) is 0 Å². The average molecular weight is 276 g/mol. The summed E-state index contributed by atoms with van der Waals surface area (Å²) in [6.07, 6.45) is 4.61. The fourth-order valence-corrected chi connectivity index (χ4v) is 5.18. The molecule has 3 aliphatic rings. The fourth-order valence-electron chi connectivity index (χ4n) is 5.18. The molecule has 2 saturated carbocycles. The molecule has 3 nitrogen and oxygen atoms in total. The van der Waals surface area contributed by atoms with Gasteiger partial charge >= 0.3 is 0 Å². The van der Waals surface area contributed by atoms with Crippen molar-refractivity contribution in [3.8, 4) is 0 Å². The molecule has 0 amide bonds. The van der Waals surface area contributed by atoms with E-state index in [2.05, 4.69) is 6.92 Å². The van der Waals surface area contributed by atoms with Crippen LogP contribution in [0.15, 0.2) is 11.3 Å². The van der Waals surface area contributed by atoms with Gasteiger partial charge in [0.2, 0.25) is 0 Å². The van der Waals surface area contributed by atoms with E-state index in [0.717, 1.165) is 25.7 Å². The molecule has 20 heavy (non-hydrogen) atoms. The summed E-state index contributed by atoms with van der Waals surface area (Å²) in [4.78, 5) is 25.2. The third-order valence-electron chi connectivity index (χ3n) is 6.06. The molecule has 3 heteroatoms. The quantitative estimate of drug-likeness (QED) is 0.735. The number of hydrogen-bond donors (Lipinski definition) is 1. The number of aliphatic hydroxyl groups excluding tert-OH is 1. The summed E-state index contributed by atoms with van der Waals surface area (Å²) >= 11 is 0. The van der Waals surface area contributed by atoms with Crippen molar-refractivity contribution < 1.29 is 14.7 Å². The van der Waals surface area contributed by atoms with E-state index in [1.807, 2.05) is 13.8 Å². The van der Waals surface area contributed by atoms with Crippen molar-refractivity contribution in [3.63, 3.8) is 0 Å². The molecule has 0 aromatic rings. The molecular weight excluding hydrogens is 252 g/mol. The van der Waals surface area contributed by atoms with Gasteiger partial charge in [-0.1, -0.05) is 20.8 Å². The molecule has 0 saturated heterocycles. The lowest BCUT2D eigenvalue weighted by atomic mass is 9.46. The van der Waals surface area contributed by atoms with Crippen LogP contribution in [0.4, 0.5) is 0 Å². The molecule has 0 radical (unpaired) electrons. The fraction of sp³-hybridized carbons (Fsp3) is 0.765. The molecule has 0 heterocycles. The molecule has 3 rings (SSSR count). The van der Waals surface area contributed by atoms with E-state index in [1.54, 1.807) is 0 Å². The first-order valence-corrected chi connectivity index (χ1v) is 7.79. The minimum absolute atomic E-state index is 0.0464. The topological polar surface area (TPSA) is 54.4 Å². The lowest BCUT2D eigenvalue weighted by molar-refractivity contribution is -0.145. The zero-order valence-corrected chi connectivity index (χ0v) is 12.7. The Bertz CT molecular complexity index is 518. The van der Waals surface area contributed by atoms with Crippen LogP contribution in [-0.2, 0) is 9.59 Å². The Morgan fingerprint density at radius 3 is 2.60 bits per heavy atom. The number of fused-ring (bicyclic) bond motifs is 3. The molecule has 0 aromatic carbocycles. The molecule has 110 valence electrons. The van der Waals surface area contributed by atoms with E-state index < -0.39 is 5.41 Å². The second-order valence-electron chi connectivity index (χ2n) is 7.62. The van der Waals surface area contributed by atoms with E-state index in [0.29, 0.717) is 24.2 Å². The number of Topliss-reactive ketones (excluding diaryl/α,β-unsaturated/α-hetero) is 2. The second-order valence-corrected chi connectivity index (χ2v) is 7.62. The van der Waals surface area contributed by atoms with Crippen LogP contribution in [0.1, 0.15) is 59.3 Å². The molecule has 0 bridgehead atoms. The summed E-state index contributed by atoms with van der Waals surface area (Å²) in [5.74, 6) is 0.582. The van der Waals surface area contributed by atoms with Gasteiger partial charge in [-0.2, -0.15) is 0 Å². The van der Waals surface area contributed by atoms with Crippen molar-refractivity contribution in [3.05, 3.63) is 11.3 Å². The number of hydrogen-bond acceptors (Lipinski definition) is 3. The number of rotatable bonds is 0. The normalized spacial score (nSPS) is 45.1. The highest BCUT2D eigenvalue weighted by Crippen LogP contribution is 2.61. The summed E-state index contributed by atoms with van der Waals surface area (Å²) in [6, 6.07) is 0. The first-order chi connectivity index (χ1) is 9.29. The van der Waals surface area contributed by atoms with Crippen LogP contribution in [0.5, 0.6) is 0 Å². The minimum Gasteiger partial charge on any atom is -0.512 e. The van der Waals surface area contributed by atoms with Crippen molar-refractivity contribution in [2.24, 2.45) is 22.7 Å². The van der Waals surface area contributed by atoms with Crippen molar-refractivity contribution in [2.75, 3.05) is 0 Å². The summed E-state index contributed by atoms with van der Waals surface area (Å²) in [7, 11) is 0. The second kappa shape index (κ2) is 4.19. The largest absolute Gasteiger partial charge is 0.512 e. The molecule has 4 unspecified atom stereocenters. The van der Waals surface area contributed by atoms with E-state index in [9.17, 15) is 14.7 Å². The highest BCUT2D eigenvalue weighted by atomic mass is 16.3. The number of carbonyl (C=O) groups is 2. The molecule has 4 atom stereocenters. The van der Waals surface area contributed by atoms with Gasteiger partial charge in [0.25, 0.3) is 0 Å². The molecule has 0 aromatic heterocycles. The Balaban J connectivity index is 2.18. The van der Waals surface area contributed by atoms with Gasteiger partial charge < -0.3 is 5.11 Å². The van der Waals surface area contributed by atoms with E-state index in [4.69, 9.17) is 0 Å². The smallest absolute Gasteiger partial charge is 0.163 e. The first-order valence-electron chi connectivity index (χ1n) is 7.79. The van der Waals surface area contributed by atoms with Gasteiger partial charge in [-0.15, -0.1) is 0 Å². The van der Waals surface area contributed by atoms with Crippen LogP contribution in [-0.4, -0.2) is 16.7 Å². The Hall–Kier alpha value is -1.12. The monoisotopic (exact) mass is 276 g/mol. The standard InChI is InChI=1S/C17H24O3/c1-10-6-8-17(3)13(14(10)20)12(19)9-16(2)7-4-5-11(18)15(16)17/h10,15,20H,4-9H2,1-3H3. The van der Waals surface area contributed by atoms with Gasteiger partial charge in [-0.25, -0.2) is 0 Å². The molecule has 0 spiro atoms. The van der Waals surface area contributed by atoms with Crippen molar-refractivity contribution >= 4 is 11.6 Å². The Morgan fingerprint density at radius 2 is 1.90 bits per heavy atom. The van der Waals surface area contributed by atoms with Gasteiger partial charge in [0.1, 0.15) is 11.5 Å². The molecular formula is C17H24O3. The van der Waals surface area contributed by atoms with Gasteiger partial charge in [0, 0.05) is 35.7 Å². The first kappa shape index (κ1) is 13.8. The van der Waals surface area contributed by atoms with Crippen LogP contribution in [0.25, 0.3) is 0 Å². The van der Waals surface area contributed by atoms with Crippen molar-refractivity contribution in [1.82, 2.24) is 0 Å². The number of allylic oxidation sites excluding steroid dienone is 2. The third kappa shape index (κ3) is 1.64. The lowest BCUT2D eigenvalue weighted by Gasteiger charge is -2.55. The summed E-state index contributed by atoms with van der Waals surface area (Å²) in [6.45, 7) is 6.10. The lowest BCUT2D eigenvalue weighted by Crippen LogP contribution is -2.55. The van der Waals surface area contributed by atoms with Crippen LogP contribution in [0, 0.1) is 22.7 Å². The minimum atomic E-state index is -0.446. The predicted molar refractivity (Wildman–Crippen MR) is 76.2 cm³/mol. The van der Waals surface area contributed by atoms with E-state index in [1.165, 1.54) is 0 Å². The Morgan fingerprint density at radius 1 is 1.20 bits per heavy atom. The van der Waals surface area contributed by atoms with E-state index in [-0.39, 0.29) is 28.8 Å². The number of carbonyl (C=O) groups excluding carboxylic acids is 2.